The monoisotopic (exact) mass is 354 g/mol. The number of aliphatic hydroxyl groups is 1. The first-order chi connectivity index (χ1) is 10.1. The Kier molecular flexibility index (Phi) is 6.72. The Balaban J connectivity index is 2.01. The summed E-state index contributed by atoms with van der Waals surface area (Å²) in [5.41, 5.74) is 0.413. The number of hydrogen-bond donors (Lipinski definition) is 2. The average molecular weight is 355 g/mol. The summed E-state index contributed by atoms with van der Waals surface area (Å²) in [6.45, 7) is 5.81. The van der Waals surface area contributed by atoms with Gasteiger partial charge in [0.1, 0.15) is 0 Å². The van der Waals surface area contributed by atoms with Gasteiger partial charge >= 0.3 is 0 Å². The third-order valence-electron chi connectivity index (χ3n) is 4.75. The maximum absolute atomic E-state index is 11.1. The second kappa shape index (κ2) is 8.30. The molecule has 1 aliphatic rings. The number of rotatable bonds is 6. The maximum atomic E-state index is 11.1. The van der Waals surface area contributed by atoms with Gasteiger partial charge < -0.3 is 10.0 Å². The largest absolute Gasteiger partial charge is 0.385 e. The summed E-state index contributed by atoms with van der Waals surface area (Å²) in [4.78, 5) is 1.68. The Labute approximate surface area is 137 Å². The quantitative estimate of drug-likeness (QED) is 0.804. The second-order valence-electron chi connectivity index (χ2n) is 6.45. The summed E-state index contributed by atoms with van der Waals surface area (Å²) in [5.74, 6) is 0. The van der Waals surface area contributed by atoms with Crippen LogP contribution in [0.4, 0.5) is 0 Å². The van der Waals surface area contributed by atoms with E-state index < -0.39 is 5.60 Å². The highest BCUT2D eigenvalue weighted by atomic mass is 79.9. The molecule has 0 aliphatic carbocycles. The van der Waals surface area contributed by atoms with E-state index in [0.29, 0.717) is 0 Å². The van der Waals surface area contributed by atoms with E-state index in [1.54, 1.807) is 4.90 Å². The van der Waals surface area contributed by atoms with Crippen LogP contribution in [0.15, 0.2) is 28.7 Å². The Morgan fingerprint density at radius 2 is 1.67 bits per heavy atom. The Hall–Kier alpha value is -0.380. The fourth-order valence-electron chi connectivity index (χ4n) is 3.45. The molecule has 21 heavy (non-hydrogen) atoms. The predicted molar refractivity (Wildman–Crippen MR) is 91.6 cm³/mol. The van der Waals surface area contributed by atoms with Crippen LogP contribution >= 0.6 is 15.9 Å². The van der Waals surface area contributed by atoms with Gasteiger partial charge in [0.2, 0.25) is 0 Å². The summed E-state index contributed by atoms with van der Waals surface area (Å²) < 4.78 is 1.07. The van der Waals surface area contributed by atoms with E-state index in [2.05, 4.69) is 35.0 Å². The fourth-order valence-corrected chi connectivity index (χ4v) is 3.71. The van der Waals surface area contributed by atoms with Crippen LogP contribution in [0.3, 0.4) is 0 Å². The SMILES string of the molecule is CCCC(O)(CC[NH+]1CCCCCC1)c1ccc(Br)cc1. The van der Waals surface area contributed by atoms with E-state index in [1.807, 2.05) is 12.1 Å². The van der Waals surface area contributed by atoms with E-state index in [1.165, 1.54) is 38.8 Å². The highest BCUT2D eigenvalue weighted by Gasteiger charge is 2.30. The zero-order chi connectivity index (χ0) is 15.1. The molecule has 0 spiro atoms. The van der Waals surface area contributed by atoms with E-state index >= 15 is 0 Å². The van der Waals surface area contributed by atoms with Crippen LogP contribution in [-0.2, 0) is 5.60 Å². The van der Waals surface area contributed by atoms with Gasteiger partial charge in [-0.15, -0.1) is 0 Å². The Morgan fingerprint density at radius 3 is 2.24 bits per heavy atom. The predicted octanol–water partition coefficient (Wildman–Crippen LogP) is 3.29. The second-order valence-corrected chi connectivity index (χ2v) is 7.37. The first kappa shape index (κ1) is 17.0. The molecule has 1 aromatic carbocycles. The molecule has 1 unspecified atom stereocenters. The fraction of sp³-hybridized carbons (Fsp3) is 0.667. The van der Waals surface area contributed by atoms with Gasteiger partial charge in [-0.2, -0.15) is 0 Å². The molecule has 0 amide bonds. The number of hydrogen-bond acceptors (Lipinski definition) is 1. The van der Waals surface area contributed by atoms with E-state index in [-0.39, 0.29) is 0 Å². The van der Waals surface area contributed by atoms with Gasteiger partial charge in [-0.25, -0.2) is 0 Å². The lowest BCUT2D eigenvalue weighted by atomic mass is 9.86. The number of benzene rings is 1. The molecule has 1 fully saturated rings. The first-order valence-electron chi connectivity index (χ1n) is 8.46. The zero-order valence-corrected chi connectivity index (χ0v) is 14.8. The van der Waals surface area contributed by atoms with Crippen molar-refractivity contribution in [3.8, 4) is 0 Å². The number of halogens is 1. The normalized spacial score (nSPS) is 20.0. The molecule has 1 heterocycles. The molecule has 0 aromatic heterocycles. The van der Waals surface area contributed by atoms with Crippen LogP contribution in [-0.4, -0.2) is 24.7 Å². The van der Waals surface area contributed by atoms with Gasteiger partial charge in [0.15, 0.2) is 0 Å². The molecule has 0 saturated carbocycles. The minimum atomic E-state index is -0.658. The summed E-state index contributed by atoms with van der Waals surface area (Å²) >= 11 is 3.48. The standard InChI is InChI=1S/C18H28BrNO/c1-2-11-18(21,16-7-9-17(19)10-8-16)12-15-20-13-5-3-4-6-14-20/h7-10,21H,2-6,11-15H2,1H3/p+1. The van der Waals surface area contributed by atoms with Crippen molar-refractivity contribution < 1.29 is 10.0 Å². The molecule has 2 nitrogen and oxygen atoms in total. The van der Waals surface area contributed by atoms with Gasteiger partial charge in [0.25, 0.3) is 0 Å². The number of nitrogens with one attached hydrogen (secondary N) is 1. The van der Waals surface area contributed by atoms with Crippen molar-refractivity contribution in [2.24, 2.45) is 0 Å². The highest BCUT2D eigenvalue weighted by Crippen LogP contribution is 2.30. The first-order valence-corrected chi connectivity index (χ1v) is 9.25. The van der Waals surface area contributed by atoms with Crippen molar-refractivity contribution in [3.05, 3.63) is 34.3 Å². The molecule has 2 N–H and O–H groups in total. The van der Waals surface area contributed by atoms with Crippen molar-refractivity contribution in [3.63, 3.8) is 0 Å². The smallest absolute Gasteiger partial charge is 0.0949 e. The van der Waals surface area contributed by atoms with Crippen molar-refractivity contribution in [2.75, 3.05) is 19.6 Å². The van der Waals surface area contributed by atoms with Gasteiger partial charge in [-0.1, -0.05) is 41.4 Å². The molecule has 118 valence electrons. The third kappa shape index (κ3) is 5.08. The topological polar surface area (TPSA) is 24.7 Å². The van der Waals surface area contributed by atoms with Crippen molar-refractivity contribution >= 4 is 15.9 Å². The molecule has 1 atom stereocenters. The third-order valence-corrected chi connectivity index (χ3v) is 5.28. The van der Waals surface area contributed by atoms with Crippen molar-refractivity contribution in [2.45, 2.75) is 57.5 Å². The lowest BCUT2D eigenvalue weighted by molar-refractivity contribution is -0.900. The molecule has 2 rings (SSSR count). The van der Waals surface area contributed by atoms with Gasteiger partial charge in [-0.05, 0) is 49.8 Å². The summed E-state index contributed by atoms with van der Waals surface area (Å²) in [6.07, 6.45) is 8.20. The van der Waals surface area contributed by atoms with E-state index in [9.17, 15) is 5.11 Å². The van der Waals surface area contributed by atoms with Crippen LogP contribution in [0, 0.1) is 0 Å². The minimum absolute atomic E-state index is 0.658. The van der Waals surface area contributed by atoms with Crippen LogP contribution in [0.1, 0.15) is 57.4 Å². The lowest BCUT2D eigenvalue weighted by Gasteiger charge is -2.30. The number of quaternary nitrogens is 1. The molecule has 1 aliphatic heterocycles. The highest BCUT2D eigenvalue weighted by molar-refractivity contribution is 9.10. The van der Waals surface area contributed by atoms with Gasteiger partial charge in [0.05, 0.1) is 25.2 Å². The van der Waals surface area contributed by atoms with Crippen LogP contribution < -0.4 is 4.90 Å². The molecular weight excluding hydrogens is 326 g/mol. The molecular formula is C18H29BrNO+. The molecule has 0 radical (unpaired) electrons. The Bertz CT molecular complexity index is 412. The van der Waals surface area contributed by atoms with Crippen molar-refractivity contribution in [1.82, 2.24) is 0 Å². The zero-order valence-electron chi connectivity index (χ0n) is 13.2. The Morgan fingerprint density at radius 1 is 1.05 bits per heavy atom. The number of likely N-dealkylation sites (tertiary alicyclic amines) is 1. The van der Waals surface area contributed by atoms with Crippen LogP contribution in [0.2, 0.25) is 0 Å². The summed E-state index contributed by atoms with van der Waals surface area (Å²) in [7, 11) is 0. The average Bonchev–Trinajstić information content (AvgIpc) is 2.75. The van der Waals surface area contributed by atoms with Gasteiger partial charge in [0, 0.05) is 10.9 Å². The molecule has 3 heteroatoms. The van der Waals surface area contributed by atoms with E-state index in [4.69, 9.17) is 0 Å². The maximum Gasteiger partial charge on any atom is 0.0949 e. The molecule has 1 aromatic rings. The minimum Gasteiger partial charge on any atom is -0.385 e. The summed E-state index contributed by atoms with van der Waals surface area (Å²) in [6, 6.07) is 8.21. The van der Waals surface area contributed by atoms with E-state index in [0.717, 1.165) is 35.8 Å². The van der Waals surface area contributed by atoms with Crippen LogP contribution in [0.25, 0.3) is 0 Å². The molecule has 1 saturated heterocycles. The van der Waals surface area contributed by atoms with Crippen molar-refractivity contribution in [1.29, 1.82) is 0 Å². The summed E-state index contributed by atoms with van der Waals surface area (Å²) in [5, 5.41) is 11.1. The van der Waals surface area contributed by atoms with Gasteiger partial charge in [-0.3, -0.25) is 0 Å². The lowest BCUT2D eigenvalue weighted by Crippen LogP contribution is -3.12. The molecule has 0 bridgehead atoms. The van der Waals surface area contributed by atoms with Crippen LogP contribution in [0.5, 0.6) is 0 Å².